The summed E-state index contributed by atoms with van der Waals surface area (Å²) in [4.78, 5) is 23.0. The van der Waals surface area contributed by atoms with Gasteiger partial charge >= 0.3 is 12.2 Å². The average Bonchev–Trinajstić information content (AvgIpc) is 2.37. The number of carbonyl (C=O) groups excluding carboxylic acids is 1. The third kappa shape index (κ3) is 4.28. The van der Waals surface area contributed by atoms with Crippen molar-refractivity contribution >= 4 is 12.2 Å². The van der Waals surface area contributed by atoms with Crippen molar-refractivity contribution in [1.29, 1.82) is 0 Å². The first kappa shape index (κ1) is 15.0. The average molecular weight is 277 g/mol. The van der Waals surface area contributed by atoms with Crippen molar-refractivity contribution in [2.45, 2.75) is 24.9 Å². The Bertz CT molecular complexity index is 407. The van der Waals surface area contributed by atoms with Gasteiger partial charge in [0.15, 0.2) is 5.60 Å². The first-order chi connectivity index (χ1) is 8.88. The fraction of sp³-hybridized carbons (Fsp3) is 0.636. The highest BCUT2D eigenvalue weighted by Gasteiger charge is 2.38. The molecule has 6 nitrogen and oxygen atoms in total. The molecule has 1 saturated heterocycles. The van der Waals surface area contributed by atoms with Crippen LogP contribution in [0.1, 0.15) is 12.8 Å². The third-order valence-electron chi connectivity index (χ3n) is 2.70. The molecular weight excluding hydrogens is 264 g/mol. The van der Waals surface area contributed by atoms with Crippen molar-refractivity contribution in [2.24, 2.45) is 0 Å². The van der Waals surface area contributed by atoms with Crippen molar-refractivity contribution in [3.63, 3.8) is 0 Å². The zero-order valence-electron chi connectivity index (χ0n) is 10.2. The van der Waals surface area contributed by atoms with Crippen molar-refractivity contribution in [3.8, 4) is 11.8 Å². The van der Waals surface area contributed by atoms with Gasteiger partial charge in [-0.2, -0.15) is 8.78 Å². The molecule has 8 heteroatoms. The molecule has 106 valence electrons. The zero-order chi connectivity index (χ0) is 14.5. The summed E-state index contributed by atoms with van der Waals surface area (Å²) >= 11 is 0. The molecule has 1 N–H and O–H groups in total. The molecule has 1 aliphatic rings. The number of ether oxygens (including phenoxy) is 2. The normalized spacial score (nSPS) is 17.4. The van der Waals surface area contributed by atoms with Crippen LogP contribution in [0.4, 0.5) is 18.4 Å². The van der Waals surface area contributed by atoms with E-state index in [-0.39, 0.29) is 25.9 Å². The predicted molar refractivity (Wildman–Crippen MR) is 58.8 cm³/mol. The Morgan fingerprint density at radius 1 is 1.37 bits per heavy atom. The number of likely N-dealkylation sites (tertiary alicyclic amines) is 1. The monoisotopic (exact) mass is 277 g/mol. The van der Waals surface area contributed by atoms with Crippen LogP contribution in [-0.4, -0.2) is 54.5 Å². The molecule has 1 heterocycles. The minimum absolute atomic E-state index is 0.0219. The number of nitrogens with zero attached hydrogens (tertiary/aromatic N) is 1. The zero-order valence-corrected chi connectivity index (χ0v) is 10.2. The number of hydrogen-bond donors (Lipinski definition) is 1. The van der Waals surface area contributed by atoms with Crippen molar-refractivity contribution in [1.82, 2.24) is 4.90 Å². The Hall–Kier alpha value is -2.04. The topological polar surface area (TPSA) is 76.1 Å². The molecule has 0 saturated carbocycles. The number of methoxy groups -OCH3 is 1. The van der Waals surface area contributed by atoms with Crippen molar-refractivity contribution in [2.75, 3.05) is 20.2 Å². The lowest BCUT2D eigenvalue weighted by Crippen LogP contribution is -2.48. The molecule has 0 aromatic carbocycles. The summed E-state index contributed by atoms with van der Waals surface area (Å²) in [6, 6.07) is 0. The van der Waals surface area contributed by atoms with E-state index in [4.69, 9.17) is 9.84 Å². The van der Waals surface area contributed by atoms with Gasteiger partial charge in [-0.1, -0.05) is 0 Å². The molecule has 1 amide bonds. The molecule has 1 aliphatic heterocycles. The number of hydrogen-bond acceptors (Lipinski definition) is 4. The Morgan fingerprint density at radius 3 is 2.37 bits per heavy atom. The van der Waals surface area contributed by atoms with Gasteiger partial charge < -0.3 is 19.5 Å². The second-order valence-electron chi connectivity index (χ2n) is 3.89. The quantitative estimate of drug-likeness (QED) is 0.581. The van der Waals surface area contributed by atoms with Crippen LogP contribution in [0.15, 0.2) is 0 Å². The number of halogens is 2. The van der Waals surface area contributed by atoms with Crippen LogP contribution < -0.4 is 0 Å². The lowest BCUT2D eigenvalue weighted by molar-refractivity contribution is -0.0249. The molecule has 0 atom stereocenters. The van der Waals surface area contributed by atoms with Crippen LogP contribution in [-0.2, 0) is 9.47 Å². The summed E-state index contributed by atoms with van der Waals surface area (Å²) < 4.78 is 33.5. The van der Waals surface area contributed by atoms with E-state index in [1.807, 2.05) is 0 Å². The maximum absolute atomic E-state index is 12.1. The fourth-order valence-corrected chi connectivity index (χ4v) is 1.70. The second-order valence-corrected chi connectivity index (χ2v) is 3.89. The minimum atomic E-state index is -2.85. The highest BCUT2D eigenvalue weighted by atomic mass is 19.3. The summed E-state index contributed by atoms with van der Waals surface area (Å²) in [6.45, 7) is 0.0918. The molecular formula is C11H13F2NO5. The SMILES string of the molecule is COC(=O)OC1(C#CC(F)F)CCN(C(=O)O)CC1. The largest absolute Gasteiger partial charge is 0.509 e. The van der Waals surface area contributed by atoms with E-state index in [1.54, 1.807) is 5.92 Å². The summed E-state index contributed by atoms with van der Waals surface area (Å²) in [5.41, 5.74) is -1.42. The number of carbonyl (C=O) groups is 2. The Labute approximate surface area is 108 Å². The molecule has 1 fully saturated rings. The second kappa shape index (κ2) is 6.22. The molecule has 1 rings (SSSR count). The summed E-state index contributed by atoms with van der Waals surface area (Å²) in [5.74, 6) is 3.86. The molecule has 0 aromatic heterocycles. The van der Waals surface area contributed by atoms with Crippen LogP contribution in [0.2, 0.25) is 0 Å². The lowest BCUT2D eigenvalue weighted by Gasteiger charge is -2.36. The summed E-state index contributed by atoms with van der Waals surface area (Å²) in [7, 11) is 1.09. The first-order valence-corrected chi connectivity index (χ1v) is 5.44. The molecule has 0 spiro atoms. The van der Waals surface area contributed by atoms with Gasteiger partial charge in [0.2, 0.25) is 0 Å². The highest BCUT2D eigenvalue weighted by Crippen LogP contribution is 2.26. The van der Waals surface area contributed by atoms with E-state index in [1.165, 1.54) is 0 Å². The summed E-state index contributed by atoms with van der Waals surface area (Å²) in [6.07, 6.45) is -4.96. The van der Waals surface area contributed by atoms with Gasteiger partial charge in [0.25, 0.3) is 6.43 Å². The first-order valence-electron chi connectivity index (χ1n) is 5.44. The molecule has 0 aliphatic carbocycles. The smallest absolute Gasteiger partial charge is 0.465 e. The number of piperidine rings is 1. The van der Waals surface area contributed by atoms with E-state index < -0.39 is 24.3 Å². The number of amides is 1. The molecule has 19 heavy (non-hydrogen) atoms. The van der Waals surface area contributed by atoms with Crippen molar-refractivity contribution in [3.05, 3.63) is 0 Å². The van der Waals surface area contributed by atoms with Gasteiger partial charge in [-0.15, -0.1) is 0 Å². The van der Waals surface area contributed by atoms with Crippen LogP contribution in [0.3, 0.4) is 0 Å². The molecule has 0 unspecified atom stereocenters. The van der Waals surface area contributed by atoms with Gasteiger partial charge in [-0.05, 0) is 11.8 Å². The molecule has 0 radical (unpaired) electrons. The Morgan fingerprint density at radius 2 is 1.95 bits per heavy atom. The fourth-order valence-electron chi connectivity index (χ4n) is 1.70. The van der Waals surface area contributed by atoms with Gasteiger partial charge in [0.05, 0.1) is 7.11 Å². The highest BCUT2D eigenvalue weighted by molar-refractivity contribution is 5.65. The van der Waals surface area contributed by atoms with Crippen LogP contribution in [0.5, 0.6) is 0 Å². The van der Waals surface area contributed by atoms with Gasteiger partial charge in [0.1, 0.15) is 0 Å². The minimum Gasteiger partial charge on any atom is -0.465 e. The van der Waals surface area contributed by atoms with E-state index in [0.29, 0.717) is 0 Å². The van der Waals surface area contributed by atoms with Gasteiger partial charge in [-0.25, -0.2) is 9.59 Å². The molecule has 0 bridgehead atoms. The predicted octanol–water partition coefficient (Wildman–Crippen LogP) is 1.55. The standard InChI is InChI=1S/C11H13F2NO5/c1-18-10(17)19-11(3-2-8(12)13)4-6-14(7-5-11)9(15)16/h8H,4-7H2,1H3,(H,15,16). The number of alkyl halides is 2. The van der Waals surface area contributed by atoms with Crippen molar-refractivity contribution < 1.29 is 33.0 Å². The number of rotatable bonds is 1. The maximum atomic E-state index is 12.1. The van der Waals surface area contributed by atoms with E-state index in [9.17, 15) is 18.4 Å². The van der Waals surface area contributed by atoms with Gasteiger partial charge in [-0.3, -0.25) is 0 Å². The lowest BCUT2D eigenvalue weighted by atomic mass is 9.92. The maximum Gasteiger partial charge on any atom is 0.509 e. The van der Waals surface area contributed by atoms with E-state index in [0.717, 1.165) is 12.0 Å². The summed E-state index contributed by atoms with van der Waals surface area (Å²) in [5, 5.41) is 8.79. The van der Waals surface area contributed by atoms with E-state index >= 15 is 0 Å². The van der Waals surface area contributed by atoms with Crippen LogP contribution in [0.25, 0.3) is 0 Å². The molecule has 0 aromatic rings. The van der Waals surface area contributed by atoms with Gasteiger partial charge in [0, 0.05) is 25.9 Å². The Balaban J connectivity index is 2.82. The third-order valence-corrected chi connectivity index (χ3v) is 2.70. The number of carboxylic acid groups (broad SMARTS) is 1. The van der Waals surface area contributed by atoms with Crippen LogP contribution in [0, 0.1) is 11.8 Å². The van der Waals surface area contributed by atoms with Crippen LogP contribution >= 0.6 is 0 Å². The Kier molecular flexibility index (Phi) is 4.92. The van der Waals surface area contributed by atoms with E-state index in [2.05, 4.69) is 10.7 Å².